The molecule has 1 amide bonds. The predicted octanol–water partition coefficient (Wildman–Crippen LogP) is 1.06. The van der Waals surface area contributed by atoms with Crippen LogP contribution < -0.4 is 5.32 Å². The van der Waals surface area contributed by atoms with E-state index in [9.17, 15) is 18.0 Å². The first kappa shape index (κ1) is 17.0. The van der Waals surface area contributed by atoms with Gasteiger partial charge in [0.1, 0.15) is 0 Å². The number of amides is 1. The van der Waals surface area contributed by atoms with E-state index in [1.165, 1.54) is 0 Å². The summed E-state index contributed by atoms with van der Waals surface area (Å²) in [6, 6.07) is 0. The maximum absolute atomic E-state index is 12.7. The van der Waals surface area contributed by atoms with E-state index in [0.717, 1.165) is 24.0 Å². The molecule has 3 heterocycles. The van der Waals surface area contributed by atoms with E-state index in [1.807, 2.05) is 0 Å². The van der Waals surface area contributed by atoms with Gasteiger partial charge in [-0.25, -0.2) is 0 Å². The first-order valence-electron chi connectivity index (χ1n) is 6.95. The van der Waals surface area contributed by atoms with Crippen molar-refractivity contribution >= 4 is 18.3 Å². The van der Waals surface area contributed by atoms with E-state index in [2.05, 4.69) is 15.5 Å². The maximum Gasteiger partial charge on any atom is 0.451 e. The zero-order valence-corrected chi connectivity index (χ0v) is 12.6. The number of carbonyl (C=O) groups excluding carboxylic acids is 1. The molecule has 1 N–H and O–H groups in total. The van der Waals surface area contributed by atoms with Crippen LogP contribution in [-0.2, 0) is 24.1 Å². The summed E-state index contributed by atoms with van der Waals surface area (Å²) in [6.45, 7) is 1.99. The first-order chi connectivity index (χ1) is 9.97. The molecule has 0 spiro atoms. The molecule has 0 radical (unpaired) electrons. The second kappa shape index (κ2) is 6.41. The summed E-state index contributed by atoms with van der Waals surface area (Å²) in [4.78, 5) is 14.0. The predicted molar refractivity (Wildman–Crippen MR) is 73.3 cm³/mol. The number of alkyl halides is 3. The number of hydrogen-bond donors (Lipinski definition) is 1. The number of carbonyl (C=O) groups is 1. The standard InChI is InChI=1S/C12H16F3N5O.ClH/c13-12(14,15)11-18-17-9-7-19(4-5-20(9)11)10(21)8-2-1-3-16-6-8;/h8,16H,1-7H2;1H. The number of fused-ring (bicyclic) bond motifs is 1. The van der Waals surface area contributed by atoms with Gasteiger partial charge in [-0.15, -0.1) is 22.6 Å². The van der Waals surface area contributed by atoms with Crippen LogP contribution in [0.4, 0.5) is 13.2 Å². The smallest absolute Gasteiger partial charge is 0.333 e. The SMILES string of the molecule is Cl.O=C(C1CCCNC1)N1CCn2c(nnc2C(F)(F)F)C1. The summed E-state index contributed by atoms with van der Waals surface area (Å²) in [5.41, 5.74) is 0. The van der Waals surface area contributed by atoms with Gasteiger partial charge >= 0.3 is 6.18 Å². The highest BCUT2D eigenvalue weighted by atomic mass is 35.5. The summed E-state index contributed by atoms with van der Waals surface area (Å²) < 4.78 is 39.3. The highest BCUT2D eigenvalue weighted by molar-refractivity contribution is 5.85. The Morgan fingerprint density at radius 3 is 2.68 bits per heavy atom. The average molecular weight is 340 g/mol. The molecule has 2 aliphatic heterocycles. The molecule has 1 atom stereocenters. The minimum Gasteiger partial charge on any atom is -0.333 e. The highest BCUT2D eigenvalue weighted by Gasteiger charge is 2.40. The Labute approximate surface area is 131 Å². The van der Waals surface area contributed by atoms with Gasteiger partial charge in [0.05, 0.1) is 12.5 Å². The fraction of sp³-hybridized carbons (Fsp3) is 0.750. The molecular formula is C12H17ClF3N5O. The molecule has 6 nitrogen and oxygen atoms in total. The second-order valence-corrected chi connectivity index (χ2v) is 5.39. The highest BCUT2D eigenvalue weighted by Crippen LogP contribution is 2.29. The molecule has 2 aliphatic rings. The Bertz CT molecular complexity index is 541. The molecule has 22 heavy (non-hydrogen) atoms. The Morgan fingerprint density at radius 2 is 2.05 bits per heavy atom. The van der Waals surface area contributed by atoms with E-state index in [1.54, 1.807) is 4.90 Å². The van der Waals surface area contributed by atoms with Crippen molar-refractivity contribution in [1.82, 2.24) is 25.0 Å². The van der Waals surface area contributed by atoms with Gasteiger partial charge in [0.25, 0.3) is 0 Å². The van der Waals surface area contributed by atoms with Crippen LogP contribution in [0.2, 0.25) is 0 Å². The van der Waals surface area contributed by atoms with Crippen LogP contribution in [-0.4, -0.2) is 45.2 Å². The van der Waals surface area contributed by atoms with Crippen LogP contribution >= 0.6 is 12.4 Å². The van der Waals surface area contributed by atoms with E-state index in [4.69, 9.17) is 0 Å². The van der Waals surface area contributed by atoms with Gasteiger partial charge in [-0.2, -0.15) is 13.2 Å². The van der Waals surface area contributed by atoms with Crippen LogP contribution in [0.25, 0.3) is 0 Å². The Hall–Kier alpha value is -1.35. The quantitative estimate of drug-likeness (QED) is 0.831. The van der Waals surface area contributed by atoms with Gasteiger partial charge in [0.2, 0.25) is 11.7 Å². The lowest BCUT2D eigenvalue weighted by Crippen LogP contribution is -2.46. The van der Waals surface area contributed by atoms with Crippen LogP contribution in [0.5, 0.6) is 0 Å². The van der Waals surface area contributed by atoms with Gasteiger partial charge in [-0.3, -0.25) is 4.79 Å². The van der Waals surface area contributed by atoms with E-state index < -0.39 is 12.0 Å². The molecule has 10 heteroatoms. The zero-order valence-electron chi connectivity index (χ0n) is 11.8. The molecule has 1 saturated heterocycles. The Kier molecular flexibility index (Phi) is 4.96. The van der Waals surface area contributed by atoms with Crippen LogP contribution in [0, 0.1) is 5.92 Å². The van der Waals surface area contributed by atoms with E-state index >= 15 is 0 Å². The van der Waals surface area contributed by atoms with Crippen molar-refractivity contribution in [3.8, 4) is 0 Å². The van der Waals surface area contributed by atoms with Crippen molar-refractivity contribution in [3.63, 3.8) is 0 Å². The normalized spacial score (nSPS) is 22.0. The molecule has 1 fully saturated rings. The molecule has 1 aromatic heterocycles. The third kappa shape index (κ3) is 3.19. The monoisotopic (exact) mass is 339 g/mol. The van der Waals surface area contributed by atoms with E-state index in [0.29, 0.717) is 6.54 Å². The van der Waals surface area contributed by atoms with Gasteiger partial charge in [-0.1, -0.05) is 0 Å². The van der Waals surface area contributed by atoms with Gasteiger partial charge < -0.3 is 14.8 Å². The summed E-state index contributed by atoms with van der Waals surface area (Å²) in [6.07, 6.45) is -2.74. The van der Waals surface area contributed by atoms with Crippen LogP contribution in [0.3, 0.4) is 0 Å². The fourth-order valence-electron chi connectivity index (χ4n) is 2.88. The fourth-order valence-corrected chi connectivity index (χ4v) is 2.88. The summed E-state index contributed by atoms with van der Waals surface area (Å²) >= 11 is 0. The summed E-state index contributed by atoms with van der Waals surface area (Å²) in [7, 11) is 0. The lowest BCUT2D eigenvalue weighted by Gasteiger charge is -2.32. The molecule has 124 valence electrons. The maximum atomic E-state index is 12.7. The van der Waals surface area contributed by atoms with Crippen molar-refractivity contribution < 1.29 is 18.0 Å². The molecule has 0 aliphatic carbocycles. The molecule has 3 rings (SSSR count). The second-order valence-electron chi connectivity index (χ2n) is 5.39. The molecule has 0 bridgehead atoms. The van der Waals surface area contributed by atoms with Gasteiger partial charge in [0.15, 0.2) is 5.82 Å². The van der Waals surface area contributed by atoms with Crippen LogP contribution in [0.15, 0.2) is 0 Å². The molecule has 1 unspecified atom stereocenters. The number of nitrogens with zero attached hydrogens (tertiary/aromatic N) is 4. The lowest BCUT2D eigenvalue weighted by atomic mass is 9.98. The molecular weight excluding hydrogens is 323 g/mol. The molecule has 1 aromatic rings. The number of hydrogen-bond acceptors (Lipinski definition) is 4. The minimum atomic E-state index is -4.51. The third-order valence-corrected chi connectivity index (χ3v) is 3.96. The van der Waals surface area contributed by atoms with Crippen molar-refractivity contribution in [2.75, 3.05) is 19.6 Å². The first-order valence-corrected chi connectivity index (χ1v) is 6.95. The number of nitrogens with one attached hydrogen (secondary N) is 1. The summed E-state index contributed by atoms with van der Waals surface area (Å²) in [5.74, 6) is -0.880. The number of aromatic nitrogens is 3. The van der Waals surface area contributed by atoms with Crippen molar-refractivity contribution in [3.05, 3.63) is 11.6 Å². The number of rotatable bonds is 1. The van der Waals surface area contributed by atoms with Crippen molar-refractivity contribution in [1.29, 1.82) is 0 Å². The Balaban J connectivity index is 0.00000176. The topological polar surface area (TPSA) is 63.1 Å². The number of halogens is 4. The molecule has 0 aromatic carbocycles. The lowest BCUT2D eigenvalue weighted by molar-refractivity contribution is -0.148. The van der Waals surface area contributed by atoms with E-state index in [-0.39, 0.29) is 49.7 Å². The van der Waals surface area contributed by atoms with Crippen LogP contribution in [0.1, 0.15) is 24.5 Å². The largest absolute Gasteiger partial charge is 0.451 e. The Morgan fingerprint density at radius 1 is 1.27 bits per heavy atom. The average Bonchev–Trinajstić information content (AvgIpc) is 2.90. The van der Waals surface area contributed by atoms with Crippen molar-refractivity contribution in [2.45, 2.75) is 32.1 Å². The summed E-state index contributed by atoms with van der Waals surface area (Å²) in [5, 5.41) is 9.97. The molecule has 0 saturated carbocycles. The third-order valence-electron chi connectivity index (χ3n) is 3.96. The minimum absolute atomic E-state index is 0. The zero-order chi connectivity index (χ0) is 15.0. The van der Waals surface area contributed by atoms with Crippen molar-refractivity contribution in [2.24, 2.45) is 5.92 Å². The van der Waals surface area contributed by atoms with Gasteiger partial charge in [-0.05, 0) is 19.4 Å². The number of piperidine rings is 1. The van der Waals surface area contributed by atoms with Gasteiger partial charge in [0, 0.05) is 19.6 Å².